The minimum atomic E-state index is -0.569. The molecule has 1 aromatic rings. The first-order valence-electron chi connectivity index (χ1n) is 6.14. The van der Waals surface area contributed by atoms with Crippen molar-refractivity contribution in [2.24, 2.45) is 0 Å². The summed E-state index contributed by atoms with van der Waals surface area (Å²) in [5.74, 6) is -0.475. The van der Waals surface area contributed by atoms with Gasteiger partial charge in [-0.2, -0.15) is 4.98 Å². The summed E-state index contributed by atoms with van der Waals surface area (Å²) in [5, 5.41) is 12.3. The molecule has 0 spiro atoms. The maximum Gasteiger partial charge on any atom is 0.270 e. The van der Waals surface area contributed by atoms with Crippen molar-refractivity contribution in [3.63, 3.8) is 0 Å². The summed E-state index contributed by atoms with van der Waals surface area (Å²) in [6, 6.07) is -0.0997. The predicted octanol–water partition coefficient (Wildman–Crippen LogP) is 0.423. The second-order valence-corrected chi connectivity index (χ2v) is 4.77. The van der Waals surface area contributed by atoms with Gasteiger partial charge in [0.15, 0.2) is 5.56 Å². The summed E-state index contributed by atoms with van der Waals surface area (Å²) in [6.45, 7) is 4.14. The molecule has 1 amide bonds. The highest BCUT2D eigenvalue weighted by Crippen LogP contribution is 2.16. The van der Waals surface area contributed by atoms with Crippen LogP contribution in [0.25, 0.3) is 0 Å². The highest BCUT2D eigenvalue weighted by molar-refractivity contribution is 5.96. The molecule has 0 bridgehead atoms. The molecular weight excluding hydrogens is 234 g/mol. The summed E-state index contributed by atoms with van der Waals surface area (Å²) in [6.07, 6.45) is 2.50. The van der Waals surface area contributed by atoms with Crippen molar-refractivity contribution in [1.82, 2.24) is 14.9 Å². The number of nitrogens with one attached hydrogen (secondary N) is 1. The quantitative estimate of drug-likeness (QED) is 0.798. The van der Waals surface area contributed by atoms with E-state index < -0.39 is 17.3 Å². The number of rotatable bonds is 2. The van der Waals surface area contributed by atoms with E-state index in [0.29, 0.717) is 18.8 Å². The fourth-order valence-corrected chi connectivity index (χ4v) is 2.09. The average molecular weight is 251 g/mol. The third-order valence-corrected chi connectivity index (χ3v) is 2.91. The van der Waals surface area contributed by atoms with Crippen LogP contribution in [0.15, 0.2) is 4.79 Å². The Kier molecular flexibility index (Phi) is 3.36. The monoisotopic (exact) mass is 251 g/mol. The number of hydrogen-bond acceptors (Lipinski definition) is 4. The Balaban J connectivity index is 2.48. The molecule has 0 atom stereocenters. The van der Waals surface area contributed by atoms with Crippen LogP contribution in [0.4, 0.5) is 0 Å². The minimum Gasteiger partial charge on any atom is -0.493 e. The summed E-state index contributed by atoms with van der Waals surface area (Å²) >= 11 is 0. The van der Waals surface area contributed by atoms with Gasteiger partial charge in [0.1, 0.15) is 5.82 Å². The van der Waals surface area contributed by atoms with Crippen molar-refractivity contribution in [3.8, 4) is 5.88 Å². The summed E-state index contributed by atoms with van der Waals surface area (Å²) in [5.41, 5.74) is -0.704. The van der Waals surface area contributed by atoms with Gasteiger partial charge in [-0.15, -0.1) is 0 Å². The zero-order valence-electron chi connectivity index (χ0n) is 10.6. The van der Waals surface area contributed by atoms with Crippen LogP contribution in [0.1, 0.15) is 42.9 Å². The topological polar surface area (TPSA) is 84.2 Å². The third-order valence-electron chi connectivity index (χ3n) is 2.91. The zero-order valence-corrected chi connectivity index (χ0v) is 10.6. The van der Waals surface area contributed by atoms with Gasteiger partial charge in [-0.05, 0) is 26.7 Å². The average Bonchev–Trinajstić information content (AvgIpc) is 2.27. The number of carbonyl (C=O) groups excluding carboxylic acids is 1. The van der Waals surface area contributed by atoms with Crippen molar-refractivity contribution < 1.29 is 9.90 Å². The zero-order chi connectivity index (χ0) is 13.3. The molecule has 6 nitrogen and oxygen atoms in total. The van der Waals surface area contributed by atoms with Gasteiger partial charge < -0.3 is 10.4 Å². The molecule has 1 aliphatic heterocycles. The summed E-state index contributed by atoms with van der Waals surface area (Å²) < 4.78 is 1.48. The number of aromatic hydroxyl groups is 1. The van der Waals surface area contributed by atoms with Crippen molar-refractivity contribution in [2.45, 2.75) is 45.7 Å². The molecule has 0 saturated carbocycles. The van der Waals surface area contributed by atoms with E-state index in [0.717, 1.165) is 12.8 Å². The molecule has 98 valence electrons. The number of fused-ring (bicyclic) bond motifs is 1. The van der Waals surface area contributed by atoms with E-state index in [1.54, 1.807) is 13.8 Å². The van der Waals surface area contributed by atoms with E-state index in [1.165, 1.54) is 4.57 Å². The lowest BCUT2D eigenvalue weighted by molar-refractivity contribution is 0.0937. The molecule has 1 aromatic heterocycles. The van der Waals surface area contributed by atoms with Gasteiger partial charge in [0.25, 0.3) is 11.5 Å². The van der Waals surface area contributed by atoms with Gasteiger partial charge >= 0.3 is 0 Å². The Bertz CT molecular complexity index is 534. The normalized spacial score (nSPS) is 14.4. The van der Waals surface area contributed by atoms with Crippen LogP contribution in [0, 0.1) is 0 Å². The van der Waals surface area contributed by atoms with Crippen molar-refractivity contribution >= 4 is 5.91 Å². The van der Waals surface area contributed by atoms with Crippen LogP contribution >= 0.6 is 0 Å². The van der Waals surface area contributed by atoms with Crippen LogP contribution in [-0.2, 0) is 13.0 Å². The van der Waals surface area contributed by atoms with Gasteiger partial charge in [-0.25, -0.2) is 0 Å². The molecule has 0 unspecified atom stereocenters. The lowest BCUT2D eigenvalue weighted by Gasteiger charge is -2.18. The van der Waals surface area contributed by atoms with Gasteiger partial charge in [0.05, 0.1) is 0 Å². The van der Waals surface area contributed by atoms with E-state index in [-0.39, 0.29) is 11.6 Å². The van der Waals surface area contributed by atoms with Crippen LogP contribution in [0.2, 0.25) is 0 Å². The van der Waals surface area contributed by atoms with E-state index in [2.05, 4.69) is 10.3 Å². The molecule has 0 fully saturated rings. The maximum atomic E-state index is 12.2. The van der Waals surface area contributed by atoms with E-state index in [9.17, 15) is 14.7 Å². The van der Waals surface area contributed by atoms with Gasteiger partial charge in [0.2, 0.25) is 5.88 Å². The smallest absolute Gasteiger partial charge is 0.270 e. The number of carbonyl (C=O) groups is 1. The predicted molar refractivity (Wildman–Crippen MR) is 65.7 cm³/mol. The fourth-order valence-electron chi connectivity index (χ4n) is 2.09. The Labute approximate surface area is 105 Å². The number of nitrogens with zero attached hydrogens (tertiary/aromatic N) is 2. The number of aryl methyl sites for hydroxylation is 1. The summed E-state index contributed by atoms with van der Waals surface area (Å²) in [7, 11) is 0. The largest absolute Gasteiger partial charge is 0.493 e. The lowest BCUT2D eigenvalue weighted by Crippen LogP contribution is -2.38. The number of hydrogen-bond donors (Lipinski definition) is 2. The molecule has 6 heteroatoms. The molecule has 2 N–H and O–H groups in total. The standard InChI is InChI=1S/C12H17N3O3/c1-7(2)13-10(16)9-11(17)14-8-5-3-4-6-15(8)12(9)18/h7,17H,3-6H2,1-2H3,(H,13,16). The summed E-state index contributed by atoms with van der Waals surface area (Å²) in [4.78, 5) is 28.0. The van der Waals surface area contributed by atoms with Gasteiger partial charge in [-0.1, -0.05) is 0 Å². The van der Waals surface area contributed by atoms with E-state index >= 15 is 0 Å². The van der Waals surface area contributed by atoms with Crippen LogP contribution in [-0.4, -0.2) is 26.6 Å². The van der Waals surface area contributed by atoms with E-state index in [4.69, 9.17) is 0 Å². The van der Waals surface area contributed by atoms with Gasteiger partial charge in [0, 0.05) is 19.0 Å². The molecule has 18 heavy (non-hydrogen) atoms. The molecule has 2 rings (SSSR count). The Morgan fingerprint density at radius 2 is 2.17 bits per heavy atom. The highest BCUT2D eigenvalue weighted by atomic mass is 16.3. The molecule has 2 heterocycles. The van der Waals surface area contributed by atoms with E-state index in [1.807, 2.05) is 0 Å². The second kappa shape index (κ2) is 4.80. The third kappa shape index (κ3) is 2.23. The minimum absolute atomic E-state index is 0.0997. The maximum absolute atomic E-state index is 12.2. The molecule has 0 radical (unpaired) electrons. The Hall–Kier alpha value is -1.85. The molecule has 0 aromatic carbocycles. The first-order chi connectivity index (χ1) is 8.50. The van der Waals surface area contributed by atoms with Gasteiger partial charge in [-0.3, -0.25) is 14.2 Å². The highest BCUT2D eigenvalue weighted by Gasteiger charge is 2.23. The van der Waals surface area contributed by atoms with Crippen LogP contribution in [0.3, 0.4) is 0 Å². The van der Waals surface area contributed by atoms with Crippen molar-refractivity contribution in [2.75, 3.05) is 0 Å². The molecular formula is C12H17N3O3. The SMILES string of the molecule is CC(C)NC(=O)c1c(O)nc2n(c1=O)CCCC2. The number of amides is 1. The lowest BCUT2D eigenvalue weighted by atomic mass is 10.1. The molecule has 0 saturated heterocycles. The van der Waals surface area contributed by atoms with Crippen molar-refractivity contribution in [3.05, 3.63) is 21.7 Å². The first kappa shape index (κ1) is 12.6. The van der Waals surface area contributed by atoms with Crippen LogP contribution in [0.5, 0.6) is 5.88 Å². The Morgan fingerprint density at radius 1 is 1.44 bits per heavy atom. The fraction of sp³-hybridized carbons (Fsp3) is 0.583. The van der Waals surface area contributed by atoms with Crippen LogP contribution < -0.4 is 10.9 Å². The molecule has 0 aliphatic carbocycles. The Morgan fingerprint density at radius 3 is 2.83 bits per heavy atom. The number of aromatic nitrogens is 2. The molecule has 1 aliphatic rings. The second-order valence-electron chi connectivity index (χ2n) is 4.77. The van der Waals surface area contributed by atoms with Crippen molar-refractivity contribution in [1.29, 1.82) is 0 Å². The first-order valence-corrected chi connectivity index (χ1v) is 6.14.